The zero-order chi connectivity index (χ0) is 12.8. The Morgan fingerprint density at radius 2 is 2.39 bits per heavy atom. The van der Waals surface area contributed by atoms with Crippen molar-refractivity contribution < 1.29 is 5.11 Å². The van der Waals surface area contributed by atoms with E-state index in [1.54, 1.807) is 0 Å². The summed E-state index contributed by atoms with van der Waals surface area (Å²) in [5.41, 5.74) is 1.50. The molecule has 2 nitrogen and oxygen atoms in total. The SMILES string of the molecule is C[C@H]1CC(NCCSCCCO)c2ccsc2S1. The van der Waals surface area contributed by atoms with Gasteiger partial charge in [-0.25, -0.2) is 0 Å². The van der Waals surface area contributed by atoms with Crippen LogP contribution in [0.3, 0.4) is 0 Å². The van der Waals surface area contributed by atoms with E-state index in [4.69, 9.17) is 5.11 Å². The van der Waals surface area contributed by atoms with E-state index in [0.29, 0.717) is 12.6 Å². The molecule has 102 valence electrons. The van der Waals surface area contributed by atoms with Crippen LogP contribution in [0.4, 0.5) is 0 Å². The summed E-state index contributed by atoms with van der Waals surface area (Å²) in [6.45, 7) is 3.70. The summed E-state index contributed by atoms with van der Waals surface area (Å²) >= 11 is 5.82. The highest BCUT2D eigenvalue weighted by Gasteiger charge is 2.25. The first-order valence-corrected chi connectivity index (χ1v) is 9.38. The highest BCUT2D eigenvalue weighted by Crippen LogP contribution is 2.43. The van der Waals surface area contributed by atoms with Gasteiger partial charge >= 0.3 is 0 Å². The van der Waals surface area contributed by atoms with E-state index in [1.807, 2.05) is 34.9 Å². The van der Waals surface area contributed by atoms with Crippen molar-refractivity contribution in [1.82, 2.24) is 5.32 Å². The van der Waals surface area contributed by atoms with Gasteiger partial charge in [0.2, 0.25) is 0 Å². The van der Waals surface area contributed by atoms with Crippen molar-refractivity contribution in [3.63, 3.8) is 0 Å². The van der Waals surface area contributed by atoms with Crippen molar-refractivity contribution in [3.05, 3.63) is 17.0 Å². The lowest BCUT2D eigenvalue weighted by atomic mass is 10.1. The number of hydrogen-bond acceptors (Lipinski definition) is 5. The molecule has 2 atom stereocenters. The average Bonchev–Trinajstić information content (AvgIpc) is 2.81. The lowest BCUT2D eigenvalue weighted by Gasteiger charge is -2.27. The molecule has 2 N–H and O–H groups in total. The molecule has 0 amide bonds. The molecule has 1 aliphatic heterocycles. The molecule has 2 rings (SSSR count). The van der Waals surface area contributed by atoms with Crippen LogP contribution in [0.5, 0.6) is 0 Å². The van der Waals surface area contributed by atoms with Gasteiger partial charge < -0.3 is 10.4 Å². The highest BCUT2D eigenvalue weighted by atomic mass is 32.2. The Labute approximate surface area is 122 Å². The number of aliphatic hydroxyl groups is 1. The fourth-order valence-electron chi connectivity index (χ4n) is 2.12. The fourth-order valence-corrected chi connectivity index (χ4v) is 5.48. The van der Waals surface area contributed by atoms with Crippen LogP contribution in [0.2, 0.25) is 0 Å². The van der Waals surface area contributed by atoms with E-state index < -0.39 is 0 Å². The smallest absolute Gasteiger partial charge is 0.0649 e. The first kappa shape index (κ1) is 14.7. The topological polar surface area (TPSA) is 32.3 Å². The van der Waals surface area contributed by atoms with Gasteiger partial charge in [0, 0.05) is 30.2 Å². The van der Waals surface area contributed by atoms with Gasteiger partial charge in [-0.1, -0.05) is 6.92 Å². The monoisotopic (exact) mass is 303 g/mol. The minimum absolute atomic E-state index is 0.316. The van der Waals surface area contributed by atoms with Crippen LogP contribution >= 0.6 is 34.9 Å². The zero-order valence-corrected chi connectivity index (χ0v) is 13.2. The van der Waals surface area contributed by atoms with E-state index in [0.717, 1.165) is 29.7 Å². The van der Waals surface area contributed by atoms with Crippen molar-refractivity contribution in [2.24, 2.45) is 0 Å². The number of thiophene rings is 1. The van der Waals surface area contributed by atoms with Crippen molar-refractivity contribution in [2.45, 2.75) is 35.3 Å². The van der Waals surface area contributed by atoms with Crippen molar-refractivity contribution in [1.29, 1.82) is 0 Å². The van der Waals surface area contributed by atoms with E-state index in [1.165, 1.54) is 16.2 Å². The van der Waals surface area contributed by atoms with Gasteiger partial charge in [0.05, 0.1) is 4.21 Å². The third-order valence-electron chi connectivity index (χ3n) is 2.99. The molecule has 0 fully saturated rings. The van der Waals surface area contributed by atoms with Crippen LogP contribution in [-0.4, -0.2) is 35.0 Å². The Kier molecular flexibility index (Phi) is 6.38. The largest absolute Gasteiger partial charge is 0.396 e. The maximum absolute atomic E-state index is 8.71. The molecule has 0 saturated heterocycles. The van der Waals surface area contributed by atoms with E-state index in [-0.39, 0.29) is 0 Å². The minimum Gasteiger partial charge on any atom is -0.396 e. The number of fused-ring (bicyclic) bond motifs is 1. The van der Waals surface area contributed by atoms with Gasteiger partial charge in [-0.2, -0.15) is 11.8 Å². The standard InChI is InChI=1S/C13H21NOS3/c1-10-9-12(11-3-7-17-13(11)18-10)14-4-8-16-6-2-5-15/h3,7,10,12,14-15H,2,4-6,8-9H2,1H3/t10-,12?/m0/s1. The molecule has 2 heterocycles. The van der Waals surface area contributed by atoms with Crippen molar-refractivity contribution in [2.75, 3.05) is 24.7 Å². The molecular weight excluding hydrogens is 282 g/mol. The summed E-state index contributed by atoms with van der Waals surface area (Å²) in [6, 6.07) is 2.82. The van der Waals surface area contributed by atoms with Crippen molar-refractivity contribution in [3.8, 4) is 0 Å². The maximum atomic E-state index is 8.71. The first-order valence-electron chi connectivity index (χ1n) is 6.47. The highest BCUT2D eigenvalue weighted by molar-refractivity contribution is 8.01. The Bertz CT molecular complexity index is 356. The molecule has 5 heteroatoms. The number of aliphatic hydroxyl groups excluding tert-OH is 1. The van der Waals surface area contributed by atoms with Gasteiger partial charge in [0.25, 0.3) is 0 Å². The van der Waals surface area contributed by atoms with E-state index in [9.17, 15) is 0 Å². The molecule has 0 bridgehead atoms. The van der Waals surface area contributed by atoms with Gasteiger partial charge in [-0.3, -0.25) is 0 Å². The van der Waals surface area contributed by atoms with Crippen LogP contribution in [0, 0.1) is 0 Å². The maximum Gasteiger partial charge on any atom is 0.0649 e. The fraction of sp³-hybridized carbons (Fsp3) is 0.692. The second-order valence-corrected chi connectivity index (χ2v) is 8.37. The predicted molar refractivity (Wildman–Crippen MR) is 84.0 cm³/mol. The molecule has 0 saturated carbocycles. The Morgan fingerprint density at radius 1 is 1.50 bits per heavy atom. The van der Waals surface area contributed by atoms with Gasteiger partial charge in [0.15, 0.2) is 0 Å². The number of rotatable bonds is 7. The molecule has 0 radical (unpaired) electrons. The molecular formula is C13H21NOS3. The number of nitrogens with one attached hydrogen (secondary N) is 1. The molecule has 0 spiro atoms. The molecule has 18 heavy (non-hydrogen) atoms. The Morgan fingerprint density at radius 3 is 3.22 bits per heavy atom. The summed E-state index contributed by atoms with van der Waals surface area (Å²) in [4.78, 5) is 0. The van der Waals surface area contributed by atoms with Gasteiger partial charge in [0.1, 0.15) is 0 Å². The third-order valence-corrected chi connectivity index (χ3v) is 6.41. The van der Waals surface area contributed by atoms with E-state index in [2.05, 4.69) is 23.7 Å². The summed E-state index contributed by atoms with van der Waals surface area (Å²) in [5.74, 6) is 2.20. The quantitative estimate of drug-likeness (QED) is 0.756. The molecule has 1 unspecified atom stereocenters. The number of hydrogen-bond donors (Lipinski definition) is 2. The molecule has 0 aromatic carbocycles. The average molecular weight is 304 g/mol. The number of thioether (sulfide) groups is 2. The summed E-state index contributed by atoms with van der Waals surface area (Å²) < 4.78 is 1.50. The van der Waals surface area contributed by atoms with Crippen molar-refractivity contribution >= 4 is 34.9 Å². The van der Waals surface area contributed by atoms with Gasteiger partial charge in [-0.05, 0) is 35.6 Å². The van der Waals surface area contributed by atoms with Crippen LogP contribution < -0.4 is 5.32 Å². The second-order valence-electron chi connectivity index (χ2n) is 4.52. The first-order chi connectivity index (χ1) is 8.81. The molecule has 1 aromatic heterocycles. The van der Waals surface area contributed by atoms with Gasteiger partial charge in [-0.15, -0.1) is 23.1 Å². The summed E-state index contributed by atoms with van der Waals surface area (Å²) in [5, 5.41) is 15.3. The Balaban J connectivity index is 1.73. The molecule has 1 aromatic rings. The lowest BCUT2D eigenvalue weighted by molar-refractivity contribution is 0.296. The summed E-state index contributed by atoms with van der Waals surface area (Å²) in [7, 11) is 0. The third kappa shape index (κ3) is 4.17. The second kappa shape index (κ2) is 7.80. The predicted octanol–water partition coefficient (Wildman–Crippen LogP) is 3.38. The van der Waals surface area contributed by atoms with Crippen LogP contribution in [-0.2, 0) is 0 Å². The van der Waals surface area contributed by atoms with Crippen LogP contribution in [0.25, 0.3) is 0 Å². The van der Waals surface area contributed by atoms with Crippen LogP contribution in [0.15, 0.2) is 15.7 Å². The normalized spacial score (nSPS) is 23.0. The van der Waals surface area contributed by atoms with E-state index >= 15 is 0 Å². The van der Waals surface area contributed by atoms with Crippen LogP contribution in [0.1, 0.15) is 31.4 Å². The minimum atomic E-state index is 0.316. The molecule has 1 aliphatic rings. The molecule has 0 aliphatic carbocycles. The zero-order valence-electron chi connectivity index (χ0n) is 10.7. The Hall–Kier alpha value is 0.320. The summed E-state index contributed by atoms with van der Waals surface area (Å²) in [6.07, 6.45) is 2.14. The lowest BCUT2D eigenvalue weighted by Crippen LogP contribution is -2.28.